The molecule has 3 aromatic carbocycles. The lowest BCUT2D eigenvalue weighted by Gasteiger charge is -2.18. The molecule has 0 saturated carbocycles. The van der Waals surface area contributed by atoms with Crippen LogP contribution in [-0.2, 0) is 6.42 Å². The Balaban J connectivity index is 1.41. The molecular weight excluding hydrogens is 430 g/mol. The van der Waals surface area contributed by atoms with E-state index < -0.39 is 0 Å². The third-order valence-electron chi connectivity index (χ3n) is 5.71. The summed E-state index contributed by atoms with van der Waals surface area (Å²) < 4.78 is 16.5. The number of methoxy groups -OCH3 is 2. The van der Waals surface area contributed by atoms with Gasteiger partial charge in [0.1, 0.15) is 0 Å². The first-order valence-corrected chi connectivity index (χ1v) is 11.0. The fourth-order valence-electron chi connectivity index (χ4n) is 3.67. The molecule has 4 aromatic rings. The van der Waals surface area contributed by atoms with Gasteiger partial charge in [-0.25, -0.2) is 0 Å². The van der Waals surface area contributed by atoms with E-state index in [9.17, 15) is 4.79 Å². The number of ether oxygens (including phenoxy) is 2. The van der Waals surface area contributed by atoms with Crippen LogP contribution in [0.5, 0.6) is 11.5 Å². The van der Waals surface area contributed by atoms with Crippen LogP contribution in [0.4, 0.5) is 0 Å². The van der Waals surface area contributed by atoms with Gasteiger partial charge >= 0.3 is 0 Å². The van der Waals surface area contributed by atoms with E-state index in [-0.39, 0.29) is 5.91 Å². The lowest BCUT2D eigenvalue weighted by molar-refractivity contribution is 0.0796. The Morgan fingerprint density at radius 3 is 2.32 bits per heavy atom. The molecule has 0 fully saturated rings. The Morgan fingerprint density at radius 2 is 1.62 bits per heavy atom. The second-order valence-electron chi connectivity index (χ2n) is 7.97. The Bertz CT molecular complexity index is 1280. The molecule has 0 aliphatic carbocycles. The van der Waals surface area contributed by atoms with Crippen molar-refractivity contribution in [3.05, 3.63) is 83.4 Å². The van der Waals surface area contributed by atoms with E-state index in [1.54, 1.807) is 38.3 Å². The SMILES string of the molecule is COc1ccc(CCN(C)C(=O)c2ccc(-c3nnc(-c4ccccc4C)o3)cc2)cc1OC. The zero-order valence-corrected chi connectivity index (χ0v) is 19.7. The highest BCUT2D eigenvalue weighted by molar-refractivity contribution is 5.94. The average Bonchev–Trinajstić information content (AvgIpc) is 3.37. The van der Waals surface area contributed by atoms with Crippen molar-refractivity contribution in [2.45, 2.75) is 13.3 Å². The van der Waals surface area contributed by atoms with Crippen LogP contribution in [0.3, 0.4) is 0 Å². The molecule has 7 heteroatoms. The molecule has 0 saturated heterocycles. The Kier molecular flexibility index (Phi) is 6.92. The molecule has 4 rings (SSSR count). The second-order valence-corrected chi connectivity index (χ2v) is 7.97. The van der Waals surface area contributed by atoms with Gasteiger partial charge in [0.25, 0.3) is 5.91 Å². The third kappa shape index (κ3) is 4.93. The minimum absolute atomic E-state index is 0.0573. The molecule has 0 aliphatic rings. The summed E-state index contributed by atoms with van der Waals surface area (Å²) in [6, 6.07) is 20.8. The average molecular weight is 458 g/mol. The van der Waals surface area contributed by atoms with Crippen LogP contribution in [-0.4, -0.2) is 48.8 Å². The topological polar surface area (TPSA) is 77.7 Å². The summed E-state index contributed by atoms with van der Waals surface area (Å²) in [5.41, 5.74) is 4.39. The summed E-state index contributed by atoms with van der Waals surface area (Å²) in [5, 5.41) is 8.35. The van der Waals surface area contributed by atoms with Gasteiger partial charge in [-0.2, -0.15) is 0 Å². The summed E-state index contributed by atoms with van der Waals surface area (Å²) in [6.07, 6.45) is 0.699. The monoisotopic (exact) mass is 457 g/mol. The first-order valence-electron chi connectivity index (χ1n) is 11.0. The summed E-state index contributed by atoms with van der Waals surface area (Å²) in [5.74, 6) is 2.19. The fraction of sp³-hybridized carbons (Fsp3) is 0.222. The second kappa shape index (κ2) is 10.2. The number of hydrogen-bond acceptors (Lipinski definition) is 6. The predicted molar refractivity (Wildman–Crippen MR) is 130 cm³/mol. The number of hydrogen-bond donors (Lipinski definition) is 0. The van der Waals surface area contributed by atoms with Crippen molar-refractivity contribution in [2.75, 3.05) is 27.8 Å². The van der Waals surface area contributed by atoms with Gasteiger partial charge < -0.3 is 18.8 Å². The van der Waals surface area contributed by atoms with E-state index in [1.165, 1.54) is 0 Å². The number of likely N-dealkylation sites (N-methyl/N-ethyl adjacent to an activating group) is 1. The summed E-state index contributed by atoms with van der Waals surface area (Å²) in [7, 11) is 5.01. The molecule has 174 valence electrons. The molecular formula is C27H27N3O4. The Labute approximate surface area is 199 Å². The molecule has 1 aromatic heterocycles. The van der Waals surface area contributed by atoms with Gasteiger partial charge in [-0.15, -0.1) is 10.2 Å². The molecule has 0 spiro atoms. The smallest absolute Gasteiger partial charge is 0.253 e. The van der Waals surface area contributed by atoms with Crippen molar-refractivity contribution < 1.29 is 18.7 Å². The van der Waals surface area contributed by atoms with Crippen LogP contribution in [0.1, 0.15) is 21.5 Å². The maximum Gasteiger partial charge on any atom is 0.253 e. The highest BCUT2D eigenvalue weighted by Crippen LogP contribution is 2.28. The van der Waals surface area contributed by atoms with Crippen molar-refractivity contribution >= 4 is 5.91 Å². The first kappa shape index (κ1) is 23.0. The molecule has 0 bridgehead atoms. The number of benzene rings is 3. The van der Waals surface area contributed by atoms with Crippen molar-refractivity contribution in [2.24, 2.45) is 0 Å². The Morgan fingerprint density at radius 1 is 0.912 bits per heavy atom. The van der Waals surface area contributed by atoms with E-state index in [1.807, 2.05) is 61.5 Å². The number of carbonyl (C=O) groups is 1. The van der Waals surface area contributed by atoms with Crippen LogP contribution >= 0.6 is 0 Å². The summed E-state index contributed by atoms with van der Waals surface area (Å²) in [4.78, 5) is 14.6. The van der Waals surface area contributed by atoms with Crippen molar-refractivity contribution in [1.29, 1.82) is 0 Å². The van der Waals surface area contributed by atoms with Gasteiger partial charge in [-0.3, -0.25) is 4.79 Å². The fourth-order valence-corrected chi connectivity index (χ4v) is 3.67. The first-order chi connectivity index (χ1) is 16.5. The standard InChI is InChI=1S/C27H27N3O4/c1-18-7-5-6-8-22(18)26-29-28-25(34-26)20-10-12-21(13-11-20)27(31)30(2)16-15-19-9-14-23(32-3)24(17-19)33-4/h5-14,17H,15-16H2,1-4H3. The van der Waals surface area contributed by atoms with Gasteiger partial charge in [0, 0.05) is 30.3 Å². The quantitative estimate of drug-likeness (QED) is 0.369. The highest BCUT2D eigenvalue weighted by Gasteiger charge is 2.15. The summed E-state index contributed by atoms with van der Waals surface area (Å²) >= 11 is 0. The molecule has 0 atom stereocenters. The Hall–Kier alpha value is -4.13. The van der Waals surface area contributed by atoms with Crippen molar-refractivity contribution in [3.63, 3.8) is 0 Å². The maximum atomic E-state index is 12.9. The van der Waals surface area contributed by atoms with Gasteiger partial charge in [-0.05, 0) is 66.9 Å². The molecule has 1 heterocycles. The molecule has 34 heavy (non-hydrogen) atoms. The normalized spacial score (nSPS) is 10.7. The molecule has 7 nitrogen and oxygen atoms in total. The van der Waals surface area contributed by atoms with E-state index >= 15 is 0 Å². The number of carbonyl (C=O) groups excluding carboxylic acids is 1. The minimum Gasteiger partial charge on any atom is -0.493 e. The van der Waals surface area contributed by atoms with Gasteiger partial charge in [-0.1, -0.05) is 24.3 Å². The zero-order chi connectivity index (χ0) is 24.1. The largest absolute Gasteiger partial charge is 0.493 e. The lowest BCUT2D eigenvalue weighted by atomic mass is 10.1. The molecule has 1 amide bonds. The minimum atomic E-state index is -0.0573. The van der Waals surface area contributed by atoms with Gasteiger partial charge in [0.05, 0.1) is 14.2 Å². The number of nitrogens with zero attached hydrogens (tertiary/aromatic N) is 3. The van der Waals surface area contributed by atoms with Crippen LogP contribution < -0.4 is 9.47 Å². The molecule has 0 radical (unpaired) electrons. The number of rotatable bonds is 8. The van der Waals surface area contributed by atoms with Crippen LogP contribution in [0.25, 0.3) is 22.9 Å². The van der Waals surface area contributed by atoms with E-state index in [0.717, 1.165) is 22.3 Å². The molecule has 0 N–H and O–H groups in total. The van der Waals surface area contributed by atoms with E-state index in [2.05, 4.69) is 10.2 Å². The number of amides is 1. The lowest BCUT2D eigenvalue weighted by Crippen LogP contribution is -2.28. The van der Waals surface area contributed by atoms with Crippen molar-refractivity contribution in [3.8, 4) is 34.4 Å². The van der Waals surface area contributed by atoms with E-state index in [4.69, 9.17) is 13.9 Å². The summed E-state index contributed by atoms with van der Waals surface area (Å²) in [6.45, 7) is 2.57. The maximum absolute atomic E-state index is 12.9. The third-order valence-corrected chi connectivity index (χ3v) is 5.71. The highest BCUT2D eigenvalue weighted by atomic mass is 16.5. The van der Waals surface area contributed by atoms with Gasteiger partial charge in [0.15, 0.2) is 11.5 Å². The van der Waals surface area contributed by atoms with Crippen LogP contribution in [0, 0.1) is 6.92 Å². The predicted octanol–water partition coefficient (Wildman–Crippen LogP) is 5.04. The van der Waals surface area contributed by atoms with Crippen LogP contribution in [0.2, 0.25) is 0 Å². The van der Waals surface area contributed by atoms with E-state index in [0.29, 0.717) is 41.8 Å². The van der Waals surface area contributed by atoms with Gasteiger partial charge in [0.2, 0.25) is 11.8 Å². The zero-order valence-electron chi connectivity index (χ0n) is 19.7. The molecule has 0 aliphatic heterocycles. The molecule has 0 unspecified atom stereocenters. The van der Waals surface area contributed by atoms with Crippen LogP contribution in [0.15, 0.2) is 71.1 Å². The van der Waals surface area contributed by atoms with Crippen molar-refractivity contribution in [1.82, 2.24) is 15.1 Å². The number of aromatic nitrogens is 2. The number of aryl methyl sites for hydroxylation is 1.